The molecule has 17 heavy (non-hydrogen) atoms. The molecule has 0 heterocycles. The van der Waals surface area contributed by atoms with Crippen LogP contribution in [0.3, 0.4) is 0 Å². The van der Waals surface area contributed by atoms with Gasteiger partial charge in [0.25, 0.3) is 0 Å². The zero-order valence-corrected chi connectivity index (χ0v) is 12.2. The van der Waals surface area contributed by atoms with Gasteiger partial charge >= 0.3 is 0 Å². The molecule has 96 valence electrons. The zero-order valence-electron chi connectivity index (χ0n) is 11.4. The Morgan fingerprint density at radius 3 is 2.29 bits per heavy atom. The highest BCUT2D eigenvalue weighted by atomic mass is 32.2. The Hall–Kier alpha value is -0.510. The maximum absolute atomic E-state index is 5.78. The fraction of sp³-hybridized carbons (Fsp3) is 0.571. The number of nitrogens with two attached hydrogens (primary N) is 1. The topological polar surface area (TPSA) is 29.3 Å². The van der Waals surface area contributed by atoms with Gasteiger partial charge in [-0.25, -0.2) is 0 Å². The summed E-state index contributed by atoms with van der Waals surface area (Å²) in [6, 6.07) is 8.82. The highest BCUT2D eigenvalue weighted by Gasteiger charge is 2.21. The second kappa shape index (κ2) is 6.43. The minimum absolute atomic E-state index is 0.0524. The summed E-state index contributed by atoms with van der Waals surface area (Å²) in [5.74, 6) is 1.12. The number of nitrogens with zero attached hydrogens (tertiary/aromatic N) is 1. The second-order valence-corrected chi connectivity index (χ2v) is 6.29. The molecule has 0 aromatic heterocycles. The number of likely N-dealkylation sites (N-methyl/N-ethyl adjacent to an activating group) is 1. The average Bonchev–Trinajstić information content (AvgIpc) is 2.32. The summed E-state index contributed by atoms with van der Waals surface area (Å²) in [6.07, 6.45) is 0. The molecular formula is C14H24N2S. The molecule has 0 spiro atoms. The predicted octanol–water partition coefficient (Wildman–Crippen LogP) is 2.97. The lowest BCUT2D eigenvalue weighted by atomic mass is 10.0. The monoisotopic (exact) mass is 252 g/mol. The number of hydrogen-bond acceptors (Lipinski definition) is 3. The predicted molar refractivity (Wildman–Crippen MR) is 77.4 cm³/mol. The molecular weight excluding hydrogens is 228 g/mol. The van der Waals surface area contributed by atoms with E-state index in [9.17, 15) is 0 Å². The number of hydrogen-bond donors (Lipinski definition) is 1. The SMILES string of the molecule is CCSc1ccc(CN(C)C(C)(C)CN)cc1. The molecule has 0 atom stereocenters. The minimum atomic E-state index is 0.0524. The van der Waals surface area contributed by atoms with E-state index in [2.05, 4.69) is 57.0 Å². The largest absolute Gasteiger partial charge is 0.329 e. The van der Waals surface area contributed by atoms with Crippen LogP contribution in [0, 0.1) is 0 Å². The maximum Gasteiger partial charge on any atom is 0.0275 e. The second-order valence-electron chi connectivity index (χ2n) is 4.95. The van der Waals surface area contributed by atoms with Gasteiger partial charge in [0.05, 0.1) is 0 Å². The van der Waals surface area contributed by atoms with Crippen molar-refractivity contribution in [3.05, 3.63) is 29.8 Å². The molecule has 0 amide bonds. The summed E-state index contributed by atoms with van der Waals surface area (Å²) < 4.78 is 0. The number of benzene rings is 1. The molecule has 1 aromatic carbocycles. The van der Waals surface area contributed by atoms with Gasteiger partial charge in [-0.05, 0) is 44.3 Å². The normalized spacial score (nSPS) is 12.1. The first-order valence-electron chi connectivity index (χ1n) is 6.12. The van der Waals surface area contributed by atoms with Gasteiger partial charge in [0.1, 0.15) is 0 Å². The van der Waals surface area contributed by atoms with Crippen molar-refractivity contribution < 1.29 is 0 Å². The molecule has 1 rings (SSSR count). The van der Waals surface area contributed by atoms with Crippen LogP contribution >= 0.6 is 11.8 Å². The van der Waals surface area contributed by atoms with E-state index in [1.165, 1.54) is 10.5 Å². The van der Waals surface area contributed by atoms with Crippen molar-refractivity contribution in [2.24, 2.45) is 5.73 Å². The summed E-state index contributed by atoms with van der Waals surface area (Å²) in [5.41, 5.74) is 7.17. The van der Waals surface area contributed by atoms with Gasteiger partial charge in [-0.3, -0.25) is 4.90 Å². The molecule has 0 fully saturated rings. The highest BCUT2D eigenvalue weighted by Crippen LogP contribution is 2.20. The van der Waals surface area contributed by atoms with Crippen molar-refractivity contribution >= 4 is 11.8 Å². The first-order chi connectivity index (χ1) is 7.99. The fourth-order valence-corrected chi connectivity index (χ4v) is 2.16. The van der Waals surface area contributed by atoms with Gasteiger partial charge in [0.15, 0.2) is 0 Å². The molecule has 0 saturated carbocycles. The van der Waals surface area contributed by atoms with E-state index in [0.29, 0.717) is 6.54 Å². The molecule has 2 nitrogen and oxygen atoms in total. The van der Waals surface area contributed by atoms with E-state index in [0.717, 1.165) is 12.3 Å². The Kier molecular flexibility index (Phi) is 5.50. The van der Waals surface area contributed by atoms with E-state index >= 15 is 0 Å². The van der Waals surface area contributed by atoms with Crippen LogP contribution in [0.1, 0.15) is 26.3 Å². The van der Waals surface area contributed by atoms with E-state index < -0.39 is 0 Å². The van der Waals surface area contributed by atoms with E-state index in [1.54, 1.807) is 0 Å². The van der Waals surface area contributed by atoms with Gasteiger partial charge in [-0.1, -0.05) is 19.1 Å². The molecule has 0 unspecified atom stereocenters. The Labute approximate surface area is 110 Å². The standard InChI is InChI=1S/C14H24N2S/c1-5-17-13-8-6-12(7-9-13)10-16(4)14(2,3)11-15/h6-9H,5,10-11,15H2,1-4H3. The van der Waals surface area contributed by atoms with Crippen LogP contribution in [0.15, 0.2) is 29.2 Å². The molecule has 1 aromatic rings. The van der Waals surface area contributed by atoms with Crippen LogP contribution < -0.4 is 5.73 Å². The van der Waals surface area contributed by atoms with Crippen LogP contribution in [0.2, 0.25) is 0 Å². The van der Waals surface area contributed by atoms with Gasteiger partial charge in [-0.2, -0.15) is 0 Å². The lowest BCUT2D eigenvalue weighted by Gasteiger charge is -2.34. The lowest BCUT2D eigenvalue weighted by Crippen LogP contribution is -2.46. The third-order valence-electron chi connectivity index (χ3n) is 3.19. The molecule has 2 N–H and O–H groups in total. The first-order valence-corrected chi connectivity index (χ1v) is 7.11. The summed E-state index contributed by atoms with van der Waals surface area (Å²) in [6.45, 7) is 8.15. The average molecular weight is 252 g/mol. The van der Waals surface area contributed by atoms with Gasteiger partial charge < -0.3 is 5.73 Å². The summed E-state index contributed by atoms with van der Waals surface area (Å²) >= 11 is 1.88. The third kappa shape index (κ3) is 4.34. The van der Waals surface area contributed by atoms with Crippen LogP contribution in [0.25, 0.3) is 0 Å². The molecule has 0 saturated heterocycles. The van der Waals surface area contributed by atoms with E-state index in [-0.39, 0.29) is 5.54 Å². The Bertz CT molecular complexity index is 333. The molecule has 0 bridgehead atoms. The number of rotatable bonds is 6. The van der Waals surface area contributed by atoms with E-state index in [1.807, 2.05) is 11.8 Å². The Balaban J connectivity index is 2.63. The van der Waals surface area contributed by atoms with Crippen molar-refractivity contribution in [2.75, 3.05) is 19.3 Å². The summed E-state index contributed by atoms with van der Waals surface area (Å²) in [5, 5.41) is 0. The molecule has 0 aliphatic carbocycles. The summed E-state index contributed by atoms with van der Waals surface area (Å²) in [7, 11) is 2.13. The maximum atomic E-state index is 5.78. The first kappa shape index (κ1) is 14.6. The van der Waals surface area contributed by atoms with Crippen LogP contribution in [-0.4, -0.2) is 29.8 Å². The fourth-order valence-electron chi connectivity index (χ4n) is 1.50. The van der Waals surface area contributed by atoms with Crippen LogP contribution in [0.4, 0.5) is 0 Å². The van der Waals surface area contributed by atoms with Crippen molar-refractivity contribution in [3.63, 3.8) is 0 Å². The molecule has 0 aliphatic rings. The van der Waals surface area contributed by atoms with Crippen molar-refractivity contribution in [3.8, 4) is 0 Å². The molecule has 0 radical (unpaired) electrons. The molecule has 3 heteroatoms. The smallest absolute Gasteiger partial charge is 0.0275 e. The zero-order chi connectivity index (χ0) is 12.9. The van der Waals surface area contributed by atoms with Crippen molar-refractivity contribution in [2.45, 2.75) is 37.8 Å². The Morgan fingerprint density at radius 2 is 1.82 bits per heavy atom. The lowest BCUT2D eigenvalue weighted by molar-refractivity contribution is 0.155. The minimum Gasteiger partial charge on any atom is -0.329 e. The summed E-state index contributed by atoms with van der Waals surface area (Å²) in [4.78, 5) is 3.64. The van der Waals surface area contributed by atoms with Gasteiger partial charge in [0.2, 0.25) is 0 Å². The van der Waals surface area contributed by atoms with Gasteiger partial charge in [-0.15, -0.1) is 11.8 Å². The third-order valence-corrected chi connectivity index (χ3v) is 4.08. The quantitative estimate of drug-likeness (QED) is 0.789. The Morgan fingerprint density at radius 1 is 1.24 bits per heavy atom. The molecule has 0 aliphatic heterocycles. The number of thioether (sulfide) groups is 1. The van der Waals surface area contributed by atoms with Crippen LogP contribution in [0.5, 0.6) is 0 Å². The van der Waals surface area contributed by atoms with E-state index in [4.69, 9.17) is 5.73 Å². The van der Waals surface area contributed by atoms with Crippen LogP contribution in [-0.2, 0) is 6.54 Å². The van der Waals surface area contributed by atoms with Gasteiger partial charge in [0, 0.05) is 23.5 Å². The highest BCUT2D eigenvalue weighted by molar-refractivity contribution is 7.99. The van der Waals surface area contributed by atoms with Crippen molar-refractivity contribution in [1.29, 1.82) is 0 Å². The van der Waals surface area contributed by atoms with Crippen molar-refractivity contribution in [1.82, 2.24) is 4.90 Å².